The van der Waals surface area contributed by atoms with Crippen LogP contribution < -0.4 is 4.74 Å². The van der Waals surface area contributed by atoms with Gasteiger partial charge in [-0.3, -0.25) is 9.88 Å². The van der Waals surface area contributed by atoms with E-state index in [1.54, 1.807) is 30.5 Å². The Balaban J connectivity index is 1.18. The summed E-state index contributed by atoms with van der Waals surface area (Å²) in [6.07, 6.45) is 8.56. The number of hydrogen-bond donors (Lipinski definition) is 2. The zero-order valence-electron chi connectivity index (χ0n) is 18.4. The van der Waals surface area contributed by atoms with Gasteiger partial charge in [0.05, 0.1) is 23.9 Å². The highest BCUT2D eigenvalue weighted by Crippen LogP contribution is 2.34. The molecule has 1 aliphatic heterocycles. The second-order valence-corrected chi connectivity index (χ2v) is 8.45. The number of carboxylic acids is 1. The van der Waals surface area contributed by atoms with Gasteiger partial charge in [-0.2, -0.15) is 0 Å². The van der Waals surface area contributed by atoms with E-state index in [1.807, 2.05) is 18.3 Å². The van der Waals surface area contributed by atoms with Crippen LogP contribution in [0.5, 0.6) is 5.75 Å². The van der Waals surface area contributed by atoms with Gasteiger partial charge in [0.15, 0.2) is 0 Å². The van der Waals surface area contributed by atoms with Crippen LogP contribution in [0.1, 0.15) is 46.1 Å². The predicted molar refractivity (Wildman–Crippen MR) is 125 cm³/mol. The quantitative estimate of drug-likeness (QED) is 0.408. The molecule has 0 unspecified atom stereocenters. The minimum Gasteiger partial charge on any atom is -0.491 e. The van der Waals surface area contributed by atoms with Gasteiger partial charge < -0.3 is 19.2 Å². The van der Waals surface area contributed by atoms with E-state index in [0.717, 1.165) is 49.4 Å². The van der Waals surface area contributed by atoms with E-state index in [2.05, 4.69) is 27.1 Å². The molecule has 0 atom stereocenters. The highest BCUT2D eigenvalue weighted by Gasteiger charge is 2.23. The summed E-state index contributed by atoms with van der Waals surface area (Å²) in [6, 6.07) is 12.8. The van der Waals surface area contributed by atoms with E-state index in [4.69, 9.17) is 9.15 Å². The highest BCUT2D eigenvalue weighted by molar-refractivity contribution is 5.90. The lowest BCUT2D eigenvalue weighted by molar-refractivity contribution is 0.0691. The maximum absolute atomic E-state index is 11.3. The van der Waals surface area contributed by atoms with Crippen LogP contribution >= 0.6 is 0 Å². The molecule has 2 N–H and O–H groups in total. The smallest absolute Gasteiger partial charge is 0.339 e. The number of carboxylic acid groups (broad SMARTS) is 1. The van der Waals surface area contributed by atoms with Crippen LogP contribution in [-0.2, 0) is 6.42 Å². The van der Waals surface area contributed by atoms with Crippen molar-refractivity contribution < 1.29 is 19.1 Å². The lowest BCUT2D eigenvalue weighted by atomic mass is 9.89. The third-order valence-electron chi connectivity index (χ3n) is 6.44. The van der Waals surface area contributed by atoms with Gasteiger partial charge in [-0.25, -0.2) is 4.79 Å². The molecule has 0 radical (unpaired) electrons. The van der Waals surface area contributed by atoms with Crippen molar-refractivity contribution in [2.24, 2.45) is 0 Å². The highest BCUT2D eigenvalue weighted by atomic mass is 16.5. The number of pyridine rings is 1. The summed E-state index contributed by atoms with van der Waals surface area (Å²) in [5.74, 6) is 0.875. The Morgan fingerprint density at radius 2 is 2.03 bits per heavy atom. The fourth-order valence-electron chi connectivity index (χ4n) is 4.71. The molecule has 0 amide bonds. The third kappa shape index (κ3) is 4.64. The van der Waals surface area contributed by atoms with E-state index in [0.29, 0.717) is 24.7 Å². The number of carbonyl (C=O) groups is 1. The van der Waals surface area contributed by atoms with Crippen LogP contribution in [0, 0.1) is 0 Å². The molecule has 1 aromatic carbocycles. The van der Waals surface area contributed by atoms with Crippen molar-refractivity contribution in [1.29, 1.82) is 0 Å². The number of furan rings is 1. The van der Waals surface area contributed by atoms with Crippen LogP contribution in [-0.4, -0.2) is 52.2 Å². The Hall–Kier alpha value is -3.58. The molecule has 0 bridgehead atoms. The first-order valence-electron chi connectivity index (χ1n) is 11.3. The fraction of sp³-hybridized carbons (Fsp3) is 0.308. The Kier molecular flexibility index (Phi) is 6.13. The molecule has 4 aromatic rings. The first kappa shape index (κ1) is 21.3. The maximum atomic E-state index is 11.3. The van der Waals surface area contributed by atoms with Crippen molar-refractivity contribution >= 4 is 16.9 Å². The summed E-state index contributed by atoms with van der Waals surface area (Å²) < 4.78 is 11.3. The molecular weight excluding hydrogens is 418 g/mol. The topological polar surface area (TPSA) is 91.6 Å². The van der Waals surface area contributed by atoms with E-state index in [1.165, 1.54) is 10.9 Å². The number of fused-ring (bicyclic) bond motifs is 1. The van der Waals surface area contributed by atoms with Crippen LogP contribution in [0.2, 0.25) is 0 Å². The number of aromatic amines is 1. The lowest BCUT2D eigenvalue weighted by Crippen LogP contribution is -2.35. The number of aromatic nitrogens is 2. The van der Waals surface area contributed by atoms with E-state index < -0.39 is 5.97 Å². The van der Waals surface area contributed by atoms with Crippen molar-refractivity contribution in [1.82, 2.24) is 14.9 Å². The van der Waals surface area contributed by atoms with E-state index in [9.17, 15) is 9.90 Å². The van der Waals surface area contributed by atoms with E-state index in [-0.39, 0.29) is 5.56 Å². The number of para-hydroxylation sites is 1. The Bertz CT molecular complexity index is 1220. The van der Waals surface area contributed by atoms with Crippen molar-refractivity contribution in [3.8, 4) is 5.75 Å². The molecule has 7 nitrogen and oxygen atoms in total. The number of piperidine rings is 1. The first-order chi connectivity index (χ1) is 16.2. The molecule has 1 fully saturated rings. The monoisotopic (exact) mass is 445 g/mol. The Morgan fingerprint density at radius 1 is 1.18 bits per heavy atom. The predicted octanol–water partition coefficient (Wildman–Crippen LogP) is 4.70. The average Bonchev–Trinajstić information content (AvgIpc) is 3.50. The Labute approximate surface area is 192 Å². The van der Waals surface area contributed by atoms with Crippen molar-refractivity contribution in [3.05, 3.63) is 83.7 Å². The van der Waals surface area contributed by atoms with Crippen molar-refractivity contribution in [2.45, 2.75) is 25.2 Å². The number of nitrogens with one attached hydrogen (secondary N) is 1. The zero-order chi connectivity index (χ0) is 22.6. The molecule has 1 saturated heterocycles. The summed E-state index contributed by atoms with van der Waals surface area (Å²) in [4.78, 5) is 21.8. The summed E-state index contributed by atoms with van der Waals surface area (Å²) in [5, 5.41) is 10.5. The summed E-state index contributed by atoms with van der Waals surface area (Å²) in [6.45, 7) is 3.24. The molecule has 0 saturated carbocycles. The van der Waals surface area contributed by atoms with Gasteiger partial charge >= 0.3 is 5.97 Å². The largest absolute Gasteiger partial charge is 0.491 e. The van der Waals surface area contributed by atoms with Gasteiger partial charge in [0.1, 0.15) is 23.7 Å². The SMILES string of the molecule is O=C(O)c1ccccc1OCCN1CCC(c2c[nH]c3c(Cc4ccco4)nccc23)CC1. The number of ether oxygens (including phenoxy) is 1. The average molecular weight is 446 g/mol. The standard InChI is InChI=1S/C26H27N3O4/c30-26(31)21-5-1-2-6-24(21)33-15-13-29-11-8-18(9-12-29)22-17-28-25-20(22)7-10-27-23(25)16-19-4-3-14-32-19/h1-7,10,14,17-18,28H,8-9,11-13,15-16H2,(H,30,31). The van der Waals surface area contributed by atoms with Gasteiger partial charge in [0, 0.05) is 24.3 Å². The molecule has 33 heavy (non-hydrogen) atoms. The summed E-state index contributed by atoms with van der Waals surface area (Å²) in [7, 11) is 0. The van der Waals surface area contributed by atoms with Crippen LogP contribution in [0.25, 0.3) is 10.9 Å². The van der Waals surface area contributed by atoms with Gasteiger partial charge in [0.2, 0.25) is 0 Å². The molecule has 7 heteroatoms. The summed E-state index contributed by atoms with van der Waals surface area (Å²) >= 11 is 0. The maximum Gasteiger partial charge on any atom is 0.339 e. The van der Waals surface area contributed by atoms with Crippen LogP contribution in [0.15, 0.2) is 65.5 Å². The molecule has 1 aliphatic rings. The number of likely N-dealkylation sites (tertiary alicyclic amines) is 1. The summed E-state index contributed by atoms with van der Waals surface area (Å²) in [5.41, 5.74) is 3.66. The molecule has 0 spiro atoms. The normalized spacial score (nSPS) is 15.2. The second-order valence-electron chi connectivity index (χ2n) is 8.45. The van der Waals surface area contributed by atoms with Crippen LogP contribution in [0.4, 0.5) is 0 Å². The Morgan fingerprint density at radius 3 is 2.82 bits per heavy atom. The fourth-order valence-corrected chi connectivity index (χ4v) is 4.71. The molecular formula is C26H27N3O4. The van der Waals surface area contributed by atoms with Crippen molar-refractivity contribution in [3.63, 3.8) is 0 Å². The molecule has 0 aliphatic carbocycles. The molecule has 170 valence electrons. The number of aromatic carboxylic acids is 1. The molecule has 5 rings (SSSR count). The number of rotatable bonds is 8. The lowest BCUT2D eigenvalue weighted by Gasteiger charge is -2.31. The number of H-pyrrole nitrogens is 1. The number of benzene rings is 1. The van der Waals surface area contributed by atoms with Gasteiger partial charge in [-0.15, -0.1) is 0 Å². The van der Waals surface area contributed by atoms with Gasteiger partial charge in [-0.05, 0) is 67.7 Å². The zero-order valence-corrected chi connectivity index (χ0v) is 18.4. The van der Waals surface area contributed by atoms with E-state index >= 15 is 0 Å². The second kappa shape index (κ2) is 9.50. The number of nitrogens with zero attached hydrogens (tertiary/aromatic N) is 2. The molecule has 3 aromatic heterocycles. The number of hydrogen-bond acceptors (Lipinski definition) is 5. The molecule has 4 heterocycles. The third-order valence-corrected chi connectivity index (χ3v) is 6.44. The van der Waals surface area contributed by atoms with Crippen molar-refractivity contribution in [2.75, 3.05) is 26.2 Å². The first-order valence-corrected chi connectivity index (χ1v) is 11.3. The van der Waals surface area contributed by atoms with Crippen LogP contribution in [0.3, 0.4) is 0 Å². The minimum absolute atomic E-state index is 0.205. The van der Waals surface area contributed by atoms with Gasteiger partial charge in [0.25, 0.3) is 0 Å². The minimum atomic E-state index is -0.965. The van der Waals surface area contributed by atoms with Gasteiger partial charge in [-0.1, -0.05) is 12.1 Å².